The Hall–Kier alpha value is -0.160. The lowest BCUT2D eigenvalue weighted by Crippen LogP contribution is -2.45. The van der Waals surface area contributed by atoms with Crippen LogP contribution < -0.4 is 5.32 Å². The highest BCUT2D eigenvalue weighted by Crippen LogP contribution is 2.13. The molecule has 4 nitrogen and oxygen atoms in total. The van der Waals surface area contributed by atoms with E-state index >= 15 is 0 Å². The third-order valence-corrected chi connectivity index (χ3v) is 4.01. The van der Waals surface area contributed by atoms with Crippen LogP contribution in [0.2, 0.25) is 0 Å². The Bertz CT molecular complexity index is 213. The van der Waals surface area contributed by atoms with Crippen LogP contribution in [0.4, 0.5) is 0 Å². The van der Waals surface area contributed by atoms with Crippen LogP contribution in [0.25, 0.3) is 0 Å². The average molecular weight is 242 g/mol. The maximum Gasteiger partial charge on any atom is 0.0700 e. The quantitative estimate of drug-likeness (QED) is 0.749. The minimum absolute atomic E-state index is 0.447. The highest BCUT2D eigenvalue weighted by atomic mass is 16.5. The maximum absolute atomic E-state index is 5.60. The molecule has 0 aromatic carbocycles. The van der Waals surface area contributed by atoms with Gasteiger partial charge in [-0.25, -0.2) is 0 Å². The van der Waals surface area contributed by atoms with Crippen LogP contribution in [-0.2, 0) is 9.47 Å². The van der Waals surface area contributed by atoms with E-state index in [4.69, 9.17) is 9.47 Å². The number of ether oxygens (including phenoxy) is 2. The molecule has 0 aliphatic carbocycles. The molecule has 0 radical (unpaired) electrons. The molecule has 0 bridgehead atoms. The minimum Gasteiger partial charge on any atom is -0.380 e. The van der Waals surface area contributed by atoms with Crippen molar-refractivity contribution in [3.8, 4) is 0 Å². The lowest BCUT2D eigenvalue weighted by molar-refractivity contribution is 0.104. The fourth-order valence-electron chi connectivity index (χ4n) is 2.61. The summed E-state index contributed by atoms with van der Waals surface area (Å²) < 4.78 is 11.0. The topological polar surface area (TPSA) is 33.7 Å². The number of rotatable bonds is 6. The Labute approximate surface area is 105 Å². The Morgan fingerprint density at radius 1 is 1.35 bits per heavy atom. The van der Waals surface area contributed by atoms with Crippen molar-refractivity contribution in [3.05, 3.63) is 0 Å². The van der Waals surface area contributed by atoms with Crippen molar-refractivity contribution >= 4 is 0 Å². The summed E-state index contributed by atoms with van der Waals surface area (Å²) >= 11 is 0. The van der Waals surface area contributed by atoms with Gasteiger partial charge in [0.25, 0.3) is 0 Å². The zero-order valence-electron chi connectivity index (χ0n) is 11.2. The van der Waals surface area contributed by atoms with E-state index in [2.05, 4.69) is 24.2 Å². The van der Waals surface area contributed by atoms with E-state index < -0.39 is 0 Å². The summed E-state index contributed by atoms with van der Waals surface area (Å²) in [6.07, 6.45) is 4.06. The van der Waals surface area contributed by atoms with E-state index in [-0.39, 0.29) is 0 Å². The highest BCUT2D eigenvalue weighted by molar-refractivity contribution is 4.79. The molecule has 0 spiro atoms. The maximum atomic E-state index is 5.60. The first-order valence-corrected chi connectivity index (χ1v) is 6.89. The Morgan fingerprint density at radius 3 is 2.88 bits per heavy atom. The molecule has 2 heterocycles. The van der Waals surface area contributed by atoms with Crippen molar-refractivity contribution in [1.82, 2.24) is 10.2 Å². The van der Waals surface area contributed by atoms with Crippen molar-refractivity contribution in [2.75, 3.05) is 40.0 Å². The second-order valence-corrected chi connectivity index (χ2v) is 5.33. The molecule has 17 heavy (non-hydrogen) atoms. The smallest absolute Gasteiger partial charge is 0.0700 e. The summed E-state index contributed by atoms with van der Waals surface area (Å²) in [4.78, 5) is 2.44. The van der Waals surface area contributed by atoms with Gasteiger partial charge in [-0.2, -0.15) is 0 Å². The minimum atomic E-state index is 0.447. The van der Waals surface area contributed by atoms with E-state index in [1.54, 1.807) is 0 Å². The number of likely N-dealkylation sites (N-methyl/N-ethyl adjacent to an activating group) is 1. The second kappa shape index (κ2) is 6.69. The fourth-order valence-corrected chi connectivity index (χ4v) is 2.61. The van der Waals surface area contributed by atoms with Crippen LogP contribution in [0.5, 0.6) is 0 Å². The average Bonchev–Trinajstić information content (AvgIpc) is 3.00. The molecule has 0 aromatic rings. The van der Waals surface area contributed by atoms with Gasteiger partial charge in [0.15, 0.2) is 0 Å². The molecular weight excluding hydrogens is 216 g/mol. The van der Waals surface area contributed by atoms with Crippen LogP contribution in [0.1, 0.15) is 26.2 Å². The summed E-state index contributed by atoms with van der Waals surface area (Å²) in [7, 11) is 2.21. The third-order valence-electron chi connectivity index (χ3n) is 4.01. The Balaban J connectivity index is 1.60. The van der Waals surface area contributed by atoms with E-state index in [1.165, 1.54) is 19.3 Å². The molecule has 2 rings (SSSR count). The fraction of sp³-hybridized carbons (Fsp3) is 1.00. The summed E-state index contributed by atoms with van der Waals surface area (Å²) in [6, 6.07) is 1.16. The molecule has 4 heteroatoms. The molecule has 1 N–H and O–H groups in total. The van der Waals surface area contributed by atoms with Gasteiger partial charge in [0.1, 0.15) is 0 Å². The largest absolute Gasteiger partial charge is 0.380 e. The van der Waals surface area contributed by atoms with E-state index in [0.717, 1.165) is 32.9 Å². The van der Waals surface area contributed by atoms with Gasteiger partial charge in [-0.05, 0) is 33.2 Å². The lowest BCUT2D eigenvalue weighted by atomic mass is 10.1. The van der Waals surface area contributed by atoms with Crippen LogP contribution >= 0.6 is 0 Å². The number of hydrogen-bond acceptors (Lipinski definition) is 4. The van der Waals surface area contributed by atoms with Crippen molar-refractivity contribution in [2.45, 2.75) is 44.4 Å². The van der Waals surface area contributed by atoms with E-state index in [9.17, 15) is 0 Å². The first kappa shape index (κ1) is 13.3. The zero-order chi connectivity index (χ0) is 12.1. The molecule has 0 aromatic heterocycles. The van der Waals surface area contributed by atoms with Gasteiger partial charge in [-0.15, -0.1) is 0 Å². The van der Waals surface area contributed by atoms with Gasteiger partial charge >= 0.3 is 0 Å². The van der Waals surface area contributed by atoms with E-state index in [0.29, 0.717) is 18.2 Å². The van der Waals surface area contributed by atoms with Crippen molar-refractivity contribution in [1.29, 1.82) is 0 Å². The number of hydrogen-bond donors (Lipinski definition) is 1. The summed E-state index contributed by atoms with van der Waals surface area (Å²) in [5, 5.41) is 3.52. The molecule has 100 valence electrons. The van der Waals surface area contributed by atoms with Gasteiger partial charge in [-0.3, -0.25) is 4.90 Å². The van der Waals surface area contributed by atoms with Crippen LogP contribution in [0.15, 0.2) is 0 Å². The predicted molar refractivity (Wildman–Crippen MR) is 68.3 cm³/mol. The third kappa shape index (κ3) is 3.91. The standard InChI is InChI=1S/C13H26N2O2/c1-11(15(2)12-5-7-16-10-12)8-14-9-13-4-3-6-17-13/h11-14H,3-10H2,1-2H3. The number of nitrogens with zero attached hydrogens (tertiary/aromatic N) is 1. The SMILES string of the molecule is CC(CNCC1CCCO1)N(C)C1CCOC1. The molecule has 3 unspecified atom stereocenters. The summed E-state index contributed by atoms with van der Waals surface area (Å²) in [5.74, 6) is 0. The summed E-state index contributed by atoms with van der Waals surface area (Å²) in [6.45, 7) is 7.08. The Kier molecular flexibility index (Phi) is 5.22. The molecule has 2 fully saturated rings. The molecule has 0 saturated carbocycles. The Morgan fingerprint density at radius 2 is 2.24 bits per heavy atom. The van der Waals surface area contributed by atoms with Crippen molar-refractivity contribution in [2.24, 2.45) is 0 Å². The van der Waals surface area contributed by atoms with Crippen LogP contribution in [-0.4, -0.2) is 63.0 Å². The van der Waals surface area contributed by atoms with E-state index in [1.807, 2.05) is 0 Å². The van der Waals surface area contributed by atoms with Gasteiger partial charge < -0.3 is 14.8 Å². The van der Waals surface area contributed by atoms with Gasteiger partial charge in [-0.1, -0.05) is 0 Å². The van der Waals surface area contributed by atoms with Gasteiger partial charge in [0.05, 0.1) is 12.7 Å². The second-order valence-electron chi connectivity index (χ2n) is 5.33. The zero-order valence-corrected chi connectivity index (χ0v) is 11.2. The van der Waals surface area contributed by atoms with Gasteiger partial charge in [0.2, 0.25) is 0 Å². The first-order chi connectivity index (χ1) is 8.27. The molecule has 3 atom stereocenters. The van der Waals surface area contributed by atoms with Crippen LogP contribution in [0, 0.1) is 0 Å². The first-order valence-electron chi connectivity index (χ1n) is 6.89. The van der Waals surface area contributed by atoms with Crippen molar-refractivity contribution in [3.63, 3.8) is 0 Å². The predicted octanol–water partition coefficient (Wildman–Crippen LogP) is 0.864. The molecule has 2 saturated heterocycles. The van der Waals surface area contributed by atoms with Gasteiger partial charge in [0, 0.05) is 38.4 Å². The number of nitrogens with one attached hydrogen (secondary N) is 1. The normalized spacial score (nSPS) is 31.2. The lowest BCUT2D eigenvalue weighted by Gasteiger charge is -2.30. The molecular formula is C13H26N2O2. The molecule has 2 aliphatic rings. The molecule has 2 aliphatic heterocycles. The summed E-state index contributed by atoms with van der Waals surface area (Å²) in [5.41, 5.74) is 0. The highest BCUT2D eigenvalue weighted by Gasteiger charge is 2.24. The molecule has 0 amide bonds. The monoisotopic (exact) mass is 242 g/mol. The van der Waals surface area contributed by atoms with Crippen LogP contribution in [0.3, 0.4) is 0 Å². The van der Waals surface area contributed by atoms with Crippen molar-refractivity contribution < 1.29 is 9.47 Å².